The highest BCUT2D eigenvalue weighted by molar-refractivity contribution is 7.89. The molecule has 0 aliphatic carbocycles. The summed E-state index contributed by atoms with van der Waals surface area (Å²) in [5.41, 5.74) is -0.822. The predicted octanol–water partition coefficient (Wildman–Crippen LogP) is 2.36. The summed E-state index contributed by atoms with van der Waals surface area (Å²) in [6.45, 7) is 5.36. The van der Waals surface area contributed by atoms with Gasteiger partial charge < -0.3 is 5.11 Å². The van der Waals surface area contributed by atoms with E-state index < -0.39 is 21.5 Å². The minimum Gasteiger partial charge on any atom is -0.478 e. The van der Waals surface area contributed by atoms with Crippen LogP contribution in [0.3, 0.4) is 0 Å². The molecular weight excluding hydrogens is 324 g/mol. The molecule has 0 amide bonds. The number of hydrogen-bond donors (Lipinski definition) is 2. The molecule has 2 N–H and O–H groups in total. The summed E-state index contributed by atoms with van der Waals surface area (Å²) >= 11 is 1.42. The highest BCUT2D eigenvalue weighted by Crippen LogP contribution is 2.27. The topological polar surface area (TPSA) is 96.4 Å². The van der Waals surface area contributed by atoms with Crippen LogP contribution in [0.5, 0.6) is 0 Å². The van der Waals surface area contributed by atoms with Gasteiger partial charge in [-0.3, -0.25) is 0 Å². The lowest BCUT2D eigenvalue weighted by Gasteiger charge is -2.23. The molecule has 0 atom stereocenters. The standard InChI is InChI=1S/C14H16N2O4S2/c1-9-8-15-13(21-9)14(2,3)16-22(19,20)11-6-4-10(5-7-11)12(17)18/h4-8,16H,1-3H3,(H,17,18). The lowest BCUT2D eigenvalue weighted by Crippen LogP contribution is -2.40. The number of carboxylic acid groups (broad SMARTS) is 1. The molecule has 0 fully saturated rings. The van der Waals surface area contributed by atoms with Crippen molar-refractivity contribution in [1.82, 2.24) is 9.71 Å². The van der Waals surface area contributed by atoms with Crippen molar-refractivity contribution in [2.24, 2.45) is 0 Å². The van der Waals surface area contributed by atoms with Gasteiger partial charge in [0.2, 0.25) is 10.0 Å². The van der Waals surface area contributed by atoms with Crippen LogP contribution in [-0.2, 0) is 15.6 Å². The Balaban J connectivity index is 2.28. The normalized spacial score (nSPS) is 12.3. The molecule has 0 spiro atoms. The van der Waals surface area contributed by atoms with Gasteiger partial charge in [-0.25, -0.2) is 18.2 Å². The Morgan fingerprint density at radius 2 is 1.86 bits per heavy atom. The molecule has 2 rings (SSSR count). The lowest BCUT2D eigenvalue weighted by molar-refractivity contribution is 0.0696. The summed E-state index contributed by atoms with van der Waals surface area (Å²) in [6, 6.07) is 5.07. The molecular formula is C14H16N2O4S2. The first-order valence-electron chi connectivity index (χ1n) is 6.42. The maximum absolute atomic E-state index is 12.4. The van der Waals surface area contributed by atoms with Crippen LogP contribution in [0.15, 0.2) is 35.4 Å². The number of aromatic nitrogens is 1. The quantitative estimate of drug-likeness (QED) is 0.871. The molecule has 118 valence electrons. The second-order valence-electron chi connectivity index (χ2n) is 5.34. The summed E-state index contributed by atoms with van der Waals surface area (Å²) in [4.78, 5) is 16.0. The van der Waals surface area contributed by atoms with Crippen molar-refractivity contribution in [2.75, 3.05) is 0 Å². The number of carbonyl (C=O) groups is 1. The Bertz CT molecular complexity index is 793. The molecule has 1 aromatic carbocycles. The first-order chi connectivity index (χ1) is 10.1. The Labute approximate surface area is 132 Å². The van der Waals surface area contributed by atoms with E-state index in [-0.39, 0.29) is 10.5 Å². The number of carboxylic acids is 1. The zero-order valence-electron chi connectivity index (χ0n) is 12.3. The van der Waals surface area contributed by atoms with Crippen LogP contribution in [0.4, 0.5) is 0 Å². The highest BCUT2D eigenvalue weighted by atomic mass is 32.2. The first kappa shape index (κ1) is 16.6. The molecule has 0 bridgehead atoms. The van der Waals surface area contributed by atoms with Crippen LogP contribution in [0, 0.1) is 6.92 Å². The van der Waals surface area contributed by atoms with Crippen LogP contribution >= 0.6 is 11.3 Å². The fourth-order valence-electron chi connectivity index (χ4n) is 1.86. The van der Waals surface area contributed by atoms with Crippen LogP contribution in [-0.4, -0.2) is 24.5 Å². The van der Waals surface area contributed by atoms with Crippen LogP contribution < -0.4 is 4.72 Å². The van der Waals surface area contributed by atoms with Gasteiger partial charge in [-0.2, -0.15) is 4.72 Å². The zero-order chi connectivity index (χ0) is 16.5. The third-order valence-corrected chi connectivity index (χ3v) is 5.87. The Morgan fingerprint density at radius 1 is 1.27 bits per heavy atom. The van der Waals surface area contributed by atoms with Gasteiger partial charge in [0.25, 0.3) is 0 Å². The van der Waals surface area contributed by atoms with Gasteiger partial charge in [0.1, 0.15) is 5.01 Å². The number of thiazole rings is 1. The summed E-state index contributed by atoms with van der Waals surface area (Å²) < 4.78 is 27.5. The van der Waals surface area contributed by atoms with Crippen molar-refractivity contribution >= 4 is 27.3 Å². The summed E-state index contributed by atoms with van der Waals surface area (Å²) in [5.74, 6) is -1.10. The molecule has 8 heteroatoms. The number of aryl methyl sites for hydroxylation is 1. The predicted molar refractivity (Wildman–Crippen MR) is 83.6 cm³/mol. The van der Waals surface area contributed by atoms with E-state index in [2.05, 4.69) is 9.71 Å². The van der Waals surface area contributed by atoms with Gasteiger partial charge in [-0.15, -0.1) is 11.3 Å². The van der Waals surface area contributed by atoms with Gasteiger partial charge in [-0.05, 0) is 45.0 Å². The number of rotatable bonds is 5. The Morgan fingerprint density at radius 3 is 2.32 bits per heavy atom. The number of benzene rings is 1. The fourth-order valence-corrected chi connectivity index (χ4v) is 4.13. The average molecular weight is 340 g/mol. The number of nitrogens with zero attached hydrogens (tertiary/aromatic N) is 1. The van der Waals surface area contributed by atoms with Crippen LogP contribution in [0.25, 0.3) is 0 Å². The van der Waals surface area contributed by atoms with Crippen molar-refractivity contribution in [3.05, 3.63) is 45.9 Å². The molecule has 0 unspecified atom stereocenters. The summed E-state index contributed by atoms with van der Waals surface area (Å²) in [6.07, 6.45) is 1.69. The monoisotopic (exact) mass is 340 g/mol. The zero-order valence-corrected chi connectivity index (χ0v) is 14.0. The maximum Gasteiger partial charge on any atom is 0.335 e. The second kappa shape index (κ2) is 5.79. The van der Waals surface area contributed by atoms with E-state index in [9.17, 15) is 13.2 Å². The van der Waals surface area contributed by atoms with E-state index in [0.29, 0.717) is 5.01 Å². The third kappa shape index (κ3) is 3.52. The highest BCUT2D eigenvalue weighted by Gasteiger charge is 2.30. The van der Waals surface area contributed by atoms with E-state index in [4.69, 9.17) is 5.11 Å². The lowest BCUT2D eigenvalue weighted by atomic mass is 10.1. The Hall–Kier alpha value is -1.77. The number of nitrogens with one attached hydrogen (secondary N) is 1. The molecule has 0 aliphatic rings. The maximum atomic E-state index is 12.4. The van der Waals surface area contributed by atoms with Crippen molar-refractivity contribution in [3.8, 4) is 0 Å². The van der Waals surface area contributed by atoms with E-state index >= 15 is 0 Å². The van der Waals surface area contributed by atoms with Gasteiger partial charge in [0.05, 0.1) is 16.0 Å². The molecule has 0 saturated heterocycles. The van der Waals surface area contributed by atoms with Crippen molar-refractivity contribution < 1.29 is 18.3 Å². The molecule has 22 heavy (non-hydrogen) atoms. The van der Waals surface area contributed by atoms with Crippen LogP contribution in [0.1, 0.15) is 34.1 Å². The fraction of sp³-hybridized carbons (Fsp3) is 0.286. The van der Waals surface area contributed by atoms with E-state index in [1.807, 2.05) is 6.92 Å². The van der Waals surface area contributed by atoms with Crippen LogP contribution in [0.2, 0.25) is 0 Å². The van der Waals surface area contributed by atoms with Gasteiger partial charge in [-0.1, -0.05) is 0 Å². The molecule has 1 heterocycles. The van der Waals surface area contributed by atoms with E-state index in [1.165, 1.54) is 35.6 Å². The van der Waals surface area contributed by atoms with E-state index in [0.717, 1.165) is 4.88 Å². The number of aromatic carboxylic acids is 1. The molecule has 0 aliphatic heterocycles. The second-order valence-corrected chi connectivity index (χ2v) is 8.25. The van der Waals surface area contributed by atoms with Gasteiger partial charge in [0.15, 0.2) is 0 Å². The van der Waals surface area contributed by atoms with Gasteiger partial charge in [0, 0.05) is 11.1 Å². The average Bonchev–Trinajstić information content (AvgIpc) is 2.85. The minimum absolute atomic E-state index is 0.0128. The summed E-state index contributed by atoms with van der Waals surface area (Å²) in [5, 5.41) is 9.51. The van der Waals surface area contributed by atoms with Crippen molar-refractivity contribution in [1.29, 1.82) is 0 Å². The summed E-state index contributed by atoms with van der Waals surface area (Å²) in [7, 11) is -3.78. The molecule has 2 aromatic rings. The third-order valence-electron chi connectivity index (χ3n) is 2.96. The SMILES string of the molecule is Cc1cnc(C(C)(C)NS(=O)(=O)c2ccc(C(=O)O)cc2)s1. The minimum atomic E-state index is -3.78. The largest absolute Gasteiger partial charge is 0.478 e. The molecule has 0 radical (unpaired) electrons. The molecule has 6 nitrogen and oxygen atoms in total. The van der Waals surface area contributed by atoms with Crippen molar-refractivity contribution in [2.45, 2.75) is 31.2 Å². The Kier molecular flexibility index (Phi) is 4.37. The van der Waals surface area contributed by atoms with E-state index in [1.54, 1.807) is 20.0 Å². The smallest absolute Gasteiger partial charge is 0.335 e. The number of hydrogen-bond acceptors (Lipinski definition) is 5. The molecule has 1 aromatic heterocycles. The van der Waals surface area contributed by atoms with Crippen molar-refractivity contribution in [3.63, 3.8) is 0 Å². The molecule has 0 saturated carbocycles. The number of sulfonamides is 1. The first-order valence-corrected chi connectivity index (χ1v) is 8.72. The van der Waals surface area contributed by atoms with Gasteiger partial charge >= 0.3 is 5.97 Å².